The van der Waals surface area contributed by atoms with Crippen LogP contribution in [0, 0.1) is 11.6 Å². The minimum absolute atomic E-state index is 0.109. The molecule has 0 saturated heterocycles. The van der Waals surface area contributed by atoms with Gasteiger partial charge in [0.1, 0.15) is 16.5 Å². The molecule has 0 amide bonds. The van der Waals surface area contributed by atoms with Gasteiger partial charge in [-0.3, -0.25) is 4.72 Å². The molecule has 0 radical (unpaired) electrons. The van der Waals surface area contributed by atoms with E-state index >= 15 is 0 Å². The van der Waals surface area contributed by atoms with Crippen molar-refractivity contribution in [3.05, 3.63) is 58.7 Å². The van der Waals surface area contributed by atoms with E-state index in [4.69, 9.17) is 11.6 Å². The molecule has 3 aromatic rings. The van der Waals surface area contributed by atoms with Crippen LogP contribution < -0.4 is 4.72 Å². The molecule has 0 bridgehead atoms. The maximum Gasteiger partial charge on any atom is 0.419 e. The van der Waals surface area contributed by atoms with Crippen molar-refractivity contribution in [2.24, 2.45) is 0 Å². The van der Waals surface area contributed by atoms with Gasteiger partial charge in [0.2, 0.25) is 0 Å². The van der Waals surface area contributed by atoms with Crippen molar-refractivity contribution < 1.29 is 30.4 Å². The van der Waals surface area contributed by atoms with E-state index in [2.05, 4.69) is 4.98 Å². The molecule has 0 aliphatic heterocycles. The van der Waals surface area contributed by atoms with E-state index in [1.165, 1.54) is 18.2 Å². The second-order valence-corrected chi connectivity index (χ2v) is 7.35. The first-order valence-electron chi connectivity index (χ1n) is 6.85. The SMILES string of the molecule is O=S(=O)(Nc1cc(F)c(C(F)(F)F)cc1F)c1c[nH]c2cc(Cl)ccc12. The summed E-state index contributed by atoms with van der Waals surface area (Å²) < 4.78 is 91.8. The third-order valence-corrected chi connectivity index (χ3v) is 5.14. The van der Waals surface area contributed by atoms with Gasteiger partial charge in [0.15, 0.2) is 0 Å². The molecule has 11 heteroatoms. The topological polar surface area (TPSA) is 62.0 Å². The maximum atomic E-state index is 13.9. The van der Waals surface area contributed by atoms with Crippen LogP contribution in [-0.4, -0.2) is 13.4 Å². The molecule has 3 rings (SSSR count). The van der Waals surface area contributed by atoms with E-state index in [9.17, 15) is 30.4 Å². The van der Waals surface area contributed by atoms with E-state index in [-0.39, 0.29) is 22.4 Å². The molecular formula is C15H8ClF5N2O2S. The Hall–Kier alpha value is -2.33. The van der Waals surface area contributed by atoms with Crippen molar-refractivity contribution in [3.8, 4) is 0 Å². The molecule has 0 aliphatic rings. The molecule has 4 nitrogen and oxygen atoms in total. The summed E-state index contributed by atoms with van der Waals surface area (Å²) in [5, 5.41) is 0.557. The number of hydrogen-bond donors (Lipinski definition) is 2. The zero-order valence-corrected chi connectivity index (χ0v) is 14.0. The number of H-pyrrole nitrogens is 1. The molecule has 0 aliphatic carbocycles. The lowest BCUT2D eigenvalue weighted by molar-refractivity contribution is -0.140. The number of fused-ring (bicyclic) bond motifs is 1. The Kier molecular flexibility index (Phi) is 4.35. The number of aromatic amines is 1. The minimum Gasteiger partial charge on any atom is -0.360 e. The predicted octanol–water partition coefficient (Wildman–Crippen LogP) is 4.92. The lowest BCUT2D eigenvalue weighted by atomic mass is 10.2. The van der Waals surface area contributed by atoms with Gasteiger partial charge >= 0.3 is 6.18 Å². The third-order valence-electron chi connectivity index (χ3n) is 3.50. The number of anilines is 1. The van der Waals surface area contributed by atoms with Gasteiger partial charge in [-0.15, -0.1) is 0 Å². The summed E-state index contributed by atoms with van der Waals surface area (Å²) in [6.45, 7) is 0. The molecule has 2 N–H and O–H groups in total. The van der Waals surface area contributed by atoms with Crippen LogP contribution in [0.5, 0.6) is 0 Å². The highest BCUT2D eigenvalue weighted by molar-refractivity contribution is 7.93. The number of halogens is 6. The Morgan fingerprint density at radius 2 is 1.73 bits per heavy atom. The molecular weight excluding hydrogens is 403 g/mol. The molecule has 1 heterocycles. The highest BCUT2D eigenvalue weighted by Gasteiger charge is 2.35. The first-order chi connectivity index (χ1) is 12.0. The summed E-state index contributed by atoms with van der Waals surface area (Å²) >= 11 is 5.79. The highest BCUT2D eigenvalue weighted by atomic mass is 35.5. The molecule has 26 heavy (non-hydrogen) atoms. The van der Waals surface area contributed by atoms with Crippen LogP contribution in [0.4, 0.5) is 27.6 Å². The van der Waals surface area contributed by atoms with Crippen molar-refractivity contribution in [1.82, 2.24) is 4.98 Å². The molecule has 0 spiro atoms. The number of aromatic nitrogens is 1. The van der Waals surface area contributed by atoms with Gasteiger partial charge in [0.05, 0.1) is 11.3 Å². The fraction of sp³-hybridized carbons (Fsp3) is 0.0667. The van der Waals surface area contributed by atoms with Crippen molar-refractivity contribution in [2.45, 2.75) is 11.1 Å². The molecule has 138 valence electrons. The summed E-state index contributed by atoms with van der Waals surface area (Å²) in [6, 6.07) is 4.30. The first kappa shape index (κ1) is 18.5. The fourth-order valence-corrected chi connectivity index (χ4v) is 3.75. The lowest BCUT2D eigenvalue weighted by Gasteiger charge is -2.12. The number of hydrogen-bond acceptors (Lipinski definition) is 2. The Labute approximate surface area is 148 Å². The Balaban J connectivity index is 2.03. The van der Waals surface area contributed by atoms with Crippen molar-refractivity contribution in [3.63, 3.8) is 0 Å². The average Bonchev–Trinajstić information content (AvgIpc) is 2.93. The second kappa shape index (κ2) is 6.13. The molecule has 2 aromatic carbocycles. The minimum atomic E-state index is -5.11. The van der Waals surface area contributed by atoms with Crippen LogP contribution in [0.15, 0.2) is 41.4 Å². The van der Waals surface area contributed by atoms with E-state index in [0.717, 1.165) is 6.20 Å². The van der Waals surface area contributed by atoms with Crippen molar-refractivity contribution in [2.75, 3.05) is 4.72 Å². The number of nitrogens with one attached hydrogen (secondary N) is 2. The third kappa shape index (κ3) is 3.34. The summed E-state index contributed by atoms with van der Waals surface area (Å²) in [4.78, 5) is 2.35. The van der Waals surface area contributed by atoms with Gasteiger partial charge < -0.3 is 4.98 Å². The number of alkyl halides is 3. The molecule has 1 aromatic heterocycles. The lowest BCUT2D eigenvalue weighted by Crippen LogP contribution is -2.15. The van der Waals surface area contributed by atoms with E-state index < -0.39 is 39.1 Å². The summed E-state index contributed by atoms with van der Waals surface area (Å²) in [6.07, 6.45) is -4.01. The van der Waals surface area contributed by atoms with E-state index in [1.54, 1.807) is 4.72 Å². The Bertz CT molecular complexity index is 1110. The first-order valence-corrected chi connectivity index (χ1v) is 8.71. The molecule has 0 fully saturated rings. The Morgan fingerprint density at radius 3 is 2.38 bits per heavy atom. The number of benzene rings is 2. The standard InChI is InChI=1S/C15H8ClF5N2O2S/c16-7-1-2-8-12(3-7)22-6-14(8)26(24,25)23-13-5-10(17)9(4-11(13)18)15(19,20)21/h1-6,22-23H. The van der Waals surface area contributed by atoms with Gasteiger partial charge in [-0.1, -0.05) is 11.6 Å². The zero-order valence-electron chi connectivity index (χ0n) is 12.5. The predicted molar refractivity (Wildman–Crippen MR) is 85.5 cm³/mol. The van der Waals surface area contributed by atoms with Crippen LogP contribution in [0.25, 0.3) is 10.9 Å². The molecule has 0 atom stereocenters. The van der Waals surface area contributed by atoms with Gasteiger partial charge in [0.25, 0.3) is 10.0 Å². The molecule has 0 unspecified atom stereocenters. The monoisotopic (exact) mass is 410 g/mol. The van der Waals surface area contributed by atoms with Crippen LogP contribution in [0.1, 0.15) is 5.56 Å². The van der Waals surface area contributed by atoms with Crippen LogP contribution in [-0.2, 0) is 16.2 Å². The summed E-state index contributed by atoms with van der Waals surface area (Å²) in [7, 11) is -4.41. The molecule has 0 saturated carbocycles. The second-order valence-electron chi connectivity index (χ2n) is 5.26. The Morgan fingerprint density at radius 1 is 1.04 bits per heavy atom. The van der Waals surface area contributed by atoms with Crippen molar-refractivity contribution in [1.29, 1.82) is 0 Å². The average molecular weight is 411 g/mol. The van der Waals surface area contributed by atoms with Gasteiger partial charge in [-0.2, -0.15) is 13.2 Å². The number of sulfonamides is 1. The van der Waals surface area contributed by atoms with Crippen molar-refractivity contribution >= 4 is 38.2 Å². The van der Waals surface area contributed by atoms with Gasteiger partial charge in [-0.25, -0.2) is 17.2 Å². The fourth-order valence-electron chi connectivity index (χ4n) is 2.34. The number of rotatable bonds is 3. The van der Waals surface area contributed by atoms with Crippen LogP contribution in [0.3, 0.4) is 0 Å². The largest absolute Gasteiger partial charge is 0.419 e. The van der Waals surface area contributed by atoms with Gasteiger partial charge in [0, 0.05) is 28.2 Å². The smallest absolute Gasteiger partial charge is 0.360 e. The highest BCUT2D eigenvalue weighted by Crippen LogP contribution is 2.35. The van der Waals surface area contributed by atoms with Crippen LogP contribution in [0.2, 0.25) is 5.02 Å². The van der Waals surface area contributed by atoms with Crippen LogP contribution >= 0.6 is 11.6 Å². The summed E-state index contributed by atoms with van der Waals surface area (Å²) in [5.41, 5.74) is -2.41. The van der Waals surface area contributed by atoms with E-state index in [0.29, 0.717) is 10.5 Å². The summed E-state index contributed by atoms with van der Waals surface area (Å²) in [5.74, 6) is -3.37. The normalized spacial score (nSPS) is 12.5. The zero-order chi connectivity index (χ0) is 19.3. The quantitative estimate of drug-likeness (QED) is 0.602. The van der Waals surface area contributed by atoms with Gasteiger partial charge in [-0.05, 0) is 24.3 Å². The van der Waals surface area contributed by atoms with E-state index in [1.807, 2.05) is 0 Å². The maximum absolute atomic E-state index is 13.9.